The van der Waals surface area contributed by atoms with Crippen molar-refractivity contribution in [2.75, 3.05) is 17.3 Å². The molecular formula is C21H22N4O3. The van der Waals surface area contributed by atoms with Gasteiger partial charge in [-0.15, -0.1) is 0 Å². The van der Waals surface area contributed by atoms with Crippen molar-refractivity contribution in [1.29, 1.82) is 0 Å². The summed E-state index contributed by atoms with van der Waals surface area (Å²) in [6.45, 7) is 5.50. The first kappa shape index (κ1) is 18.0. The summed E-state index contributed by atoms with van der Waals surface area (Å²) < 4.78 is 7.38. The second kappa shape index (κ2) is 6.37. The molecule has 7 heteroatoms. The second-order valence-electron chi connectivity index (χ2n) is 7.85. The lowest BCUT2D eigenvalue weighted by molar-refractivity contribution is -0.115. The molecule has 0 saturated carbocycles. The third-order valence-corrected chi connectivity index (χ3v) is 4.61. The Morgan fingerprint density at radius 1 is 1.25 bits per heavy atom. The second-order valence-corrected chi connectivity index (χ2v) is 7.85. The number of nitrogens with one attached hydrogen (secondary N) is 1. The number of carbonyl (C=O) groups excluding carboxylic acids is 2. The maximum Gasteiger partial charge on any atom is 0.414 e. The third kappa shape index (κ3) is 3.19. The van der Waals surface area contributed by atoms with Gasteiger partial charge in [0.05, 0.1) is 24.0 Å². The number of hydrogen-bond acceptors (Lipinski definition) is 4. The molecule has 0 atom stereocenters. The molecule has 1 N–H and O–H groups in total. The summed E-state index contributed by atoms with van der Waals surface area (Å²) in [4.78, 5) is 30.2. The maximum atomic E-state index is 12.4. The first-order valence-corrected chi connectivity index (χ1v) is 9.09. The zero-order valence-electron chi connectivity index (χ0n) is 16.3. The first-order chi connectivity index (χ1) is 13.2. The van der Waals surface area contributed by atoms with Crippen molar-refractivity contribution in [3.05, 3.63) is 48.3 Å². The van der Waals surface area contributed by atoms with E-state index in [9.17, 15) is 9.59 Å². The lowest BCUT2D eigenvalue weighted by atomic mass is 10.0. The van der Waals surface area contributed by atoms with Crippen LogP contribution in [0, 0.1) is 0 Å². The summed E-state index contributed by atoms with van der Waals surface area (Å²) in [6, 6.07) is 9.47. The molecule has 1 aromatic carbocycles. The summed E-state index contributed by atoms with van der Waals surface area (Å²) in [5, 5.41) is 2.88. The van der Waals surface area contributed by atoms with Crippen LogP contribution in [0.5, 0.6) is 0 Å². The van der Waals surface area contributed by atoms with Gasteiger partial charge in [-0.3, -0.25) is 14.1 Å². The molecule has 4 rings (SSSR count). The van der Waals surface area contributed by atoms with Gasteiger partial charge in [0, 0.05) is 24.5 Å². The summed E-state index contributed by atoms with van der Waals surface area (Å²) in [7, 11) is 1.68. The highest BCUT2D eigenvalue weighted by Crippen LogP contribution is 2.34. The number of nitrogens with zero attached hydrogens (tertiary/aromatic N) is 3. The Kier molecular flexibility index (Phi) is 4.10. The Balaban J connectivity index is 1.75. The van der Waals surface area contributed by atoms with E-state index in [0.717, 1.165) is 28.2 Å². The number of anilines is 2. The van der Waals surface area contributed by atoms with E-state index in [2.05, 4.69) is 10.3 Å². The average Bonchev–Trinajstić information content (AvgIpc) is 3.21. The molecule has 28 heavy (non-hydrogen) atoms. The molecule has 0 unspecified atom stereocenters. The summed E-state index contributed by atoms with van der Waals surface area (Å²) in [5.41, 5.74) is 4.47. The smallest absolute Gasteiger partial charge is 0.414 e. The van der Waals surface area contributed by atoms with Crippen LogP contribution in [0.15, 0.2) is 42.7 Å². The molecule has 3 heterocycles. The van der Waals surface area contributed by atoms with E-state index >= 15 is 0 Å². The highest BCUT2D eigenvalue weighted by atomic mass is 16.6. The predicted octanol–water partition coefficient (Wildman–Crippen LogP) is 3.87. The van der Waals surface area contributed by atoms with Gasteiger partial charge in [-0.1, -0.05) is 12.1 Å². The van der Waals surface area contributed by atoms with Crippen LogP contribution in [0.25, 0.3) is 16.9 Å². The fourth-order valence-corrected chi connectivity index (χ4v) is 3.29. The largest absolute Gasteiger partial charge is 0.443 e. The van der Waals surface area contributed by atoms with Gasteiger partial charge in [0.2, 0.25) is 5.91 Å². The molecule has 0 radical (unpaired) electrons. The Morgan fingerprint density at radius 3 is 2.79 bits per heavy atom. The van der Waals surface area contributed by atoms with E-state index in [-0.39, 0.29) is 5.91 Å². The van der Waals surface area contributed by atoms with E-state index in [4.69, 9.17) is 4.74 Å². The van der Waals surface area contributed by atoms with Crippen LogP contribution in [0.4, 0.5) is 16.2 Å². The Bertz CT molecular complexity index is 1090. The van der Waals surface area contributed by atoms with Crippen LogP contribution in [-0.2, 0) is 16.0 Å². The summed E-state index contributed by atoms with van der Waals surface area (Å²) in [5.74, 6) is -0.0124. The Labute approximate surface area is 162 Å². The zero-order valence-corrected chi connectivity index (χ0v) is 16.3. The molecule has 0 spiro atoms. The summed E-state index contributed by atoms with van der Waals surface area (Å²) in [6.07, 6.45) is 3.55. The molecule has 0 aliphatic carbocycles. The number of aromatic nitrogens is 2. The van der Waals surface area contributed by atoms with Crippen LogP contribution >= 0.6 is 0 Å². The number of amides is 2. The number of ether oxygens (including phenoxy) is 1. The Hall–Kier alpha value is -3.35. The number of benzene rings is 1. The van der Waals surface area contributed by atoms with Gasteiger partial charge in [0.25, 0.3) is 0 Å². The number of carbonyl (C=O) groups is 2. The van der Waals surface area contributed by atoms with E-state index in [1.165, 1.54) is 4.90 Å². The lowest BCUT2D eigenvalue weighted by Gasteiger charge is -2.24. The molecular weight excluding hydrogens is 356 g/mol. The molecule has 0 fully saturated rings. The number of rotatable bonds is 2. The fourth-order valence-electron chi connectivity index (χ4n) is 3.29. The van der Waals surface area contributed by atoms with Crippen LogP contribution in [-0.4, -0.2) is 34.0 Å². The van der Waals surface area contributed by atoms with Crippen molar-refractivity contribution in [1.82, 2.24) is 9.38 Å². The highest BCUT2D eigenvalue weighted by Gasteiger charge is 2.24. The van der Waals surface area contributed by atoms with E-state index < -0.39 is 11.7 Å². The van der Waals surface area contributed by atoms with Gasteiger partial charge in [-0.2, -0.15) is 0 Å². The normalized spacial score (nSPS) is 13.4. The monoisotopic (exact) mass is 378 g/mol. The minimum Gasteiger partial charge on any atom is -0.443 e. The maximum absolute atomic E-state index is 12.4. The molecule has 144 valence electrons. The lowest BCUT2D eigenvalue weighted by Crippen LogP contribution is -2.34. The van der Waals surface area contributed by atoms with Crippen LogP contribution in [0.3, 0.4) is 0 Å². The van der Waals surface area contributed by atoms with E-state index in [1.807, 2.05) is 61.7 Å². The van der Waals surface area contributed by atoms with Crippen molar-refractivity contribution >= 4 is 29.0 Å². The Morgan fingerprint density at radius 2 is 2.04 bits per heavy atom. The van der Waals surface area contributed by atoms with Crippen molar-refractivity contribution < 1.29 is 14.3 Å². The average molecular weight is 378 g/mol. The first-order valence-electron chi connectivity index (χ1n) is 9.09. The quantitative estimate of drug-likeness (QED) is 0.734. The van der Waals surface area contributed by atoms with Gasteiger partial charge in [0.1, 0.15) is 11.2 Å². The summed E-state index contributed by atoms with van der Waals surface area (Å²) >= 11 is 0. The molecule has 7 nitrogen and oxygen atoms in total. The molecule has 2 amide bonds. The molecule has 0 bridgehead atoms. The van der Waals surface area contributed by atoms with Crippen molar-refractivity contribution in [3.8, 4) is 11.3 Å². The zero-order chi connectivity index (χ0) is 20.1. The van der Waals surface area contributed by atoms with Crippen molar-refractivity contribution in [2.24, 2.45) is 0 Å². The molecule has 3 aromatic rings. The number of fused-ring (bicyclic) bond motifs is 2. The number of hydrogen-bond donors (Lipinski definition) is 1. The van der Waals surface area contributed by atoms with Gasteiger partial charge in [-0.05, 0) is 44.5 Å². The van der Waals surface area contributed by atoms with Crippen LogP contribution in [0.1, 0.15) is 26.3 Å². The highest BCUT2D eigenvalue weighted by molar-refractivity contribution is 6.01. The van der Waals surface area contributed by atoms with Gasteiger partial charge < -0.3 is 10.1 Å². The van der Waals surface area contributed by atoms with Crippen molar-refractivity contribution in [3.63, 3.8) is 0 Å². The SMILES string of the molecule is CN(C(=O)OC(C)(C)C)c1ccc2ncc(-c3cccc4c3CC(=O)N4)n2c1. The van der Waals surface area contributed by atoms with E-state index in [1.54, 1.807) is 13.2 Å². The van der Waals surface area contributed by atoms with Gasteiger partial charge in [-0.25, -0.2) is 9.78 Å². The minimum atomic E-state index is -0.570. The van der Waals surface area contributed by atoms with Gasteiger partial charge in [0.15, 0.2) is 0 Å². The number of pyridine rings is 1. The van der Waals surface area contributed by atoms with Crippen LogP contribution in [0.2, 0.25) is 0 Å². The fraction of sp³-hybridized carbons (Fsp3) is 0.286. The minimum absolute atomic E-state index is 0.0124. The molecule has 1 aliphatic heterocycles. The van der Waals surface area contributed by atoms with Crippen molar-refractivity contribution in [2.45, 2.75) is 32.8 Å². The molecule has 2 aromatic heterocycles. The predicted molar refractivity (Wildman–Crippen MR) is 108 cm³/mol. The topological polar surface area (TPSA) is 75.9 Å². The number of imidazole rings is 1. The van der Waals surface area contributed by atoms with E-state index in [0.29, 0.717) is 12.1 Å². The molecule has 1 aliphatic rings. The standard InChI is InChI=1S/C21H22N4O3/c1-21(2,3)28-20(27)24(4)13-8-9-18-22-11-17(25(18)12-13)14-6-5-7-16-15(14)10-19(26)23-16/h5-9,11-12H,10H2,1-4H3,(H,23,26). The third-order valence-electron chi connectivity index (χ3n) is 4.61. The molecule has 0 saturated heterocycles. The van der Waals surface area contributed by atoms with Gasteiger partial charge >= 0.3 is 6.09 Å². The van der Waals surface area contributed by atoms with Crippen LogP contribution < -0.4 is 10.2 Å².